The molecule has 2 aromatic carbocycles. The van der Waals surface area contributed by atoms with E-state index in [4.69, 9.17) is 14.2 Å². The number of hydrogen-bond donors (Lipinski definition) is 1. The summed E-state index contributed by atoms with van der Waals surface area (Å²) in [6.07, 6.45) is -0.447. The van der Waals surface area contributed by atoms with Crippen LogP contribution in [0.4, 0.5) is 0 Å². The van der Waals surface area contributed by atoms with Crippen LogP contribution in [0, 0.1) is 0 Å². The number of ether oxygens (including phenoxy) is 3. The van der Waals surface area contributed by atoms with Gasteiger partial charge in [-0.25, -0.2) is 0 Å². The van der Waals surface area contributed by atoms with Gasteiger partial charge in [-0.15, -0.1) is 0 Å². The van der Waals surface area contributed by atoms with Crippen molar-refractivity contribution in [3.8, 4) is 11.5 Å². The molecule has 1 saturated heterocycles. The van der Waals surface area contributed by atoms with Gasteiger partial charge in [0, 0.05) is 11.1 Å². The zero-order valence-electron chi connectivity index (χ0n) is 11.5. The Morgan fingerprint density at radius 3 is 2.10 bits per heavy atom. The Balaban J connectivity index is 1.92. The second-order valence-corrected chi connectivity index (χ2v) is 5.30. The molecule has 2 aliphatic rings. The smallest absolute Gasteiger partial charge is 0.150 e. The van der Waals surface area contributed by atoms with Crippen molar-refractivity contribution < 1.29 is 19.3 Å². The van der Waals surface area contributed by atoms with E-state index in [-0.39, 0.29) is 0 Å². The highest BCUT2D eigenvalue weighted by Gasteiger charge is 2.48. The molecule has 4 nitrogen and oxygen atoms in total. The number of hydrogen-bond acceptors (Lipinski definition) is 4. The molecule has 2 aliphatic heterocycles. The van der Waals surface area contributed by atoms with Crippen LogP contribution in [0.3, 0.4) is 0 Å². The van der Waals surface area contributed by atoms with Crippen molar-refractivity contribution in [3.63, 3.8) is 0 Å². The van der Waals surface area contributed by atoms with Crippen LogP contribution in [-0.4, -0.2) is 31.0 Å². The average Bonchev–Trinajstić information content (AvgIpc) is 2.56. The van der Waals surface area contributed by atoms with E-state index in [1.54, 1.807) is 0 Å². The minimum atomic E-state index is -1.26. The summed E-state index contributed by atoms with van der Waals surface area (Å²) < 4.78 is 17.2. The molecule has 4 heteroatoms. The van der Waals surface area contributed by atoms with Gasteiger partial charge in [0.25, 0.3) is 0 Å². The lowest BCUT2D eigenvalue weighted by Gasteiger charge is -2.42. The zero-order valence-corrected chi connectivity index (χ0v) is 11.5. The van der Waals surface area contributed by atoms with Gasteiger partial charge in [-0.3, -0.25) is 0 Å². The van der Waals surface area contributed by atoms with Crippen molar-refractivity contribution in [3.05, 3.63) is 59.7 Å². The summed E-state index contributed by atoms with van der Waals surface area (Å²) in [6.45, 7) is 1.41. The number of rotatable bonds is 1. The molecule has 0 aliphatic carbocycles. The standard InChI is InChI=1S/C17H16O4/c18-17(16-11-19-9-10-20-16)12-5-1-3-7-14(12)21-15-8-4-2-6-13(15)17/h1-8,16,18H,9-11H2. The van der Waals surface area contributed by atoms with Crippen LogP contribution in [0.25, 0.3) is 0 Å². The van der Waals surface area contributed by atoms with Gasteiger partial charge >= 0.3 is 0 Å². The quantitative estimate of drug-likeness (QED) is 0.874. The van der Waals surface area contributed by atoms with Gasteiger partial charge in [-0.1, -0.05) is 36.4 Å². The highest BCUT2D eigenvalue weighted by Crippen LogP contribution is 2.49. The molecule has 0 amide bonds. The molecule has 0 bridgehead atoms. The largest absolute Gasteiger partial charge is 0.457 e. The Labute approximate surface area is 122 Å². The van der Waals surface area contributed by atoms with Gasteiger partial charge in [0.15, 0.2) is 5.60 Å². The molecule has 1 unspecified atom stereocenters. The van der Waals surface area contributed by atoms with Crippen molar-refractivity contribution >= 4 is 0 Å². The van der Waals surface area contributed by atoms with E-state index in [0.717, 1.165) is 11.1 Å². The van der Waals surface area contributed by atoms with Crippen LogP contribution < -0.4 is 4.74 Å². The van der Waals surface area contributed by atoms with Crippen LogP contribution >= 0.6 is 0 Å². The summed E-state index contributed by atoms with van der Waals surface area (Å²) in [6, 6.07) is 15.1. The second-order valence-electron chi connectivity index (χ2n) is 5.30. The molecular weight excluding hydrogens is 268 g/mol. The molecule has 2 heterocycles. The Morgan fingerprint density at radius 2 is 1.52 bits per heavy atom. The molecule has 0 spiro atoms. The lowest BCUT2D eigenvalue weighted by molar-refractivity contribution is -0.166. The molecule has 1 fully saturated rings. The first kappa shape index (κ1) is 12.8. The van der Waals surface area contributed by atoms with Gasteiger partial charge < -0.3 is 19.3 Å². The fourth-order valence-electron chi connectivity index (χ4n) is 3.08. The van der Waals surface area contributed by atoms with Crippen LogP contribution in [0.2, 0.25) is 0 Å². The molecular formula is C17H16O4. The van der Waals surface area contributed by atoms with E-state index in [2.05, 4.69) is 0 Å². The third kappa shape index (κ3) is 1.87. The Bertz CT molecular complexity index is 616. The van der Waals surface area contributed by atoms with E-state index < -0.39 is 11.7 Å². The number of aliphatic hydroxyl groups is 1. The summed E-state index contributed by atoms with van der Waals surface area (Å²) in [5.41, 5.74) is 0.185. The normalized spacial score (nSPS) is 22.8. The Kier molecular flexibility index (Phi) is 2.96. The highest BCUT2D eigenvalue weighted by molar-refractivity contribution is 5.56. The van der Waals surface area contributed by atoms with Gasteiger partial charge in [-0.2, -0.15) is 0 Å². The maximum Gasteiger partial charge on any atom is 0.150 e. The van der Waals surface area contributed by atoms with E-state index >= 15 is 0 Å². The Hall–Kier alpha value is -1.88. The number of para-hydroxylation sites is 2. The summed E-state index contributed by atoms with van der Waals surface area (Å²) in [5.74, 6) is 1.32. The fourth-order valence-corrected chi connectivity index (χ4v) is 3.08. The average molecular weight is 284 g/mol. The van der Waals surface area contributed by atoms with E-state index in [1.807, 2.05) is 48.5 Å². The molecule has 0 radical (unpaired) electrons. The molecule has 1 N–H and O–H groups in total. The summed E-state index contributed by atoms with van der Waals surface area (Å²) in [5, 5.41) is 11.5. The topological polar surface area (TPSA) is 47.9 Å². The van der Waals surface area contributed by atoms with Crippen molar-refractivity contribution in [1.82, 2.24) is 0 Å². The minimum Gasteiger partial charge on any atom is -0.457 e. The van der Waals surface area contributed by atoms with E-state index in [1.165, 1.54) is 0 Å². The maximum atomic E-state index is 11.5. The van der Waals surface area contributed by atoms with Crippen LogP contribution in [0.5, 0.6) is 11.5 Å². The molecule has 4 rings (SSSR count). The van der Waals surface area contributed by atoms with Crippen molar-refractivity contribution in [1.29, 1.82) is 0 Å². The first-order valence-electron chi connectivity index (χ1n) is 7.09. The molecule has 1 atom stereocenters. The second kappa shape index (κ2) is 4.84. The summed E-state index contributed by atoms with van der Waals surface area (Å²) in [4.78, 5) is 0. The lowest BCUT2D eigenvalue weighted by Crippen LogP contribution is -2.49. The third-order valence-corrected chi connectivity index (χ3v) is 4.10. The molecule has 21 heavy (non-hydrogen) atoms. The predicted molar refractivity (Wildman–Crippen MR) is 76.5 cm³/mol. The number of benzene rings is 2. The first-order valence-corrected chi connectivity index (χ1v) is 7.09. The van der Waals surface area contributed by atoms with Crippen molar-refractivity contribution in [2.24, 2.45) is 0 Å². The molecule has 0 saturated carbocycles. The van der Waals surface area contributed by atoms with Crippen molar-refractivity contribution in [2.45, 2.75) is 11.7 Å². The van der Waals surface area contributed by atoms with E-state index in [9.17, 15) is 5.11 Å². The van der Waals surface area contributed by atoms with Gasteiger partial charge in [0.1, 0.15) is 17.6 Å². The monoisotopic (exact) mass is 284 g/mol. The third-order valence-electron chi connectivity index (χ3n) is 4.10. The first-order chi connectivity index (χ1) is 10.3. The SMILES string of the molecule is OC1(C2COCCO2)c2ccccc2Oc2ccccc21. The Morgan fingerprint density at radius 1 is 0.905 bits per heavy atom. The van der Waals surface area contributed by atoms with E-state index in [0.29, 0.717) is 31.3 Å². The van der Waals surface area contributed by atoms with Gasteiger partial charge in [-0.05, 0) is 12.1 Å². The number of fused-ring (bicyclic) bond motifs is 2. The van der Waals surface area contributed by atoms with Crippen LogP contribution in [-0.2, 0) is 15.1 Å². The van der Waals surface area contributed by atoms with Crippen LogP contribution in [0.1, 0.15) is 11.1 Å². The summed E-state index contributed by atoms with van der Waals surface area (Å²) in [7, 11) is 0. The molecule has 0 aromatic heterocycles. The molecule has 108 valence electrons. The van der Waals surface area contributed by atoms with Gasteiger partial charge in [0.05, 0.1) is 19.8 Å². The fraction of sp³-hybridized carbons (Fsp3) is 0.294. The predicted octanol–water partition coefficient (Wildman–Crippen LogP) is 2.44. The lowest BCUT2D eigenvalue weighted by atomic mass is 9.79. The van der Waals surface area contributed by atoms with Crippen molar-refractivity contribution in [2.75, 3.05) is 19.8 Å². The zero-order chi connectivity index (χ0) is 14.3. The minimum absolute atomic E-state index is 0.360. The highest BCUT2D eigenvalue weighted by atomic mass is 16.6. The maximum absolute atomic E-state index is 11.5. The van der Waals surface area contributed by atoms with Gasteiger partial charge in [0.2, 0.25) is 0 Å². The molecule has 2 aromatic rings. The summed E-state index contributed by atoms with van der Waals surface area (Å²) >= 11 is 0. The van der Waals surface area contributed by atoms with Crippen LogP contribution in [0.15, 0.2) is 48.5 Å².